The van der Waals surface area contributed by atoms with E-state index in [1.807, 2.05) is 37.3 Å². The summed E-state index contributed by atoms with van der Waals surface area (Å²) in [6.45, 7) is 4.40. The Morgan fingerprint density at radius 3 is 2.19 bits per heavy atom. The molecular formula is C20H26N2O4S. The second kappa shape index (κ2) is 8.90. The molecule has 1 amide bonds. The van der Waals surface area contributed by atoms with Crippen molar-refractivity contribution in [1.29, 1.82) is 0 Å². The average Bonchev–Trinajstić information content (AvgIpc) is 2.62. The minimum atomic E-state index is -3.65. The maximum atomic E-state index is 12.9. The number of carbonyl (C=O) groups is 1. The fourth-order valence-corrected chi connectivity index (χ4v) is 4.08. The number of hydrogen-bond donors (Lipinski definition) is 0. The molecule has 0 aliphatic rings. The molecule has 6 nitrogen and oxygen atoms in total. The molecule has 0 saturated heterocycles. The van der Waals surface area contributed by atoms with Gasteiger partial charge in [-0.2, -0.15) is 0 Å². The first-order valence-electron chi connectivity index (χ1n) is 8.75. The molecule has 0 fully saturated rings. The third-order valence-corrected chi connectivity index (χ3v) is 5.35. The number of nitrogens with zero attached hydrogens (tertiary/aromatic N) is 2. The Kier molecular flexibility index (Phi) is 6.85. The Labute approximate surface area is 161 Å². The summed E-state index contributed by atoms with van der Waals surface area (Å²) in [5.74, 6) is 0.369. The van der Waals surface area contributed by atoms with Crippen LogP contribution in [-0.2, 0) is 21.4 Å². The molecule has 146 valence electrons. The molecule has 27 heavy (non-hydrogen) atoms. The minimum absolute atomic E-state index is 0.279. The predicted octanol–water partition coefficient (Wildman–Crippen LogP) is 2.90. The minimum Gasteiger partial charge on any atom is -0.494 e. The van der Waals surface area contributed by atoms with Crippen molar-refractivity contribution in [2.45, 2.75) is 26.4 Å². The molecule has 0 N–H and O–H groups in total. The number of carbonyl (C=O) groups excluding carboxylic acids is 1. The van der Waals surface area contributed by atoms with Crippen molar-refractivity contribution in [1.82, 2.24) is 4.90 Å². The van der Waals surface area contributed by atoms with Crippen LogP contribution in [-0.4, -0.2) is 45.2 Å². The van der Waals surface area contributed by atoms with Crippen LogP contribution in [0.2, 0.25) is 0 Å². The highest BCUT2D eigenvalue weighted by atomic mass is 32.2. The molecule has 2 aromatic carbocycles. The van der Waals surface area contributed by atoms with Crippen molar-refractivity contribution >= 4 is 21.6 Å². The van der Waals surface area contributed by atoms with Gasteiger partial charge in [-0.25, -0.2) is 8.42 Å². The maximum absolute atomic E-state index is 12.9. The summed E-state index contributed by atoms with van der Waals surface area (Å²) in [4.78, 5) is 14.4. The standard InChI is InChI=1S/C20H26N2O4S/c1-5-26-19-13-11-18(12-14-19)22(27(4,24)25)16(2)20(23)21(3)15-17-9-7-6-8-10-17/h6-14,16H,5,15H2,1-4H3. The molecule has 0 heterocycles. The molecular weight excluding hydrogens is 364 g/mol. The van der Waals surface area contributed by atoms with Gasteiger partial charge in [0.25, 0.3) is 0 Å². The zero-order valence-corrected chi connectivity index (χ0v) is 16.9. The van der Waals surface area contributed by atoms with Crippen LogP contribution < -0.4 is 9.04 Å². The lowest BCUT2D eigenvalue weighted by atomic mass is 10.2. The van der Waals surface area contributed by atoms with E-state index in [9.17, 15) is 13.2 Å². The van der Waals surface area contributed by atoms with Gasteiger partial charge < -0.3 is 9.64 Å². The van der Waals surface area contributed by atoms with Crippen molar-refractivity contribution < 1.29 is 17.9 Å². The Balaban J connectivity index is 2.23. The Hall–Kier alpha value is -2.54. The summed E-state index contributed by atoms with van der Waals surface area (Å²) in [5, 5.41) is 0. The van der Waals surface area contributed by atoms with Crippen LogP contribution in [0.5, 0.6) is 5.75 Å². The van der Waals surface area contributed by atoms with Gasteiger partial charge in [0.2, 0.25) is 15.9 Å². The summed E-state index contributed by atoms with van der Waals surface area (Å²) in [6, 6.07) is 15.4. The average molecular weight is 391 g/mol. The number of amides is 1. The van der Waals surface area contributed by atoms with Crippen LogP contribution in [0.1, 0.15) is 19.4 Å². The van der Waals surface area contributed by atoms with Crippen molar-refractivity contribution in [2.75, 3.05) is 24.2 Å². The van der Waals surface area contributed by atoms with E-state index in [1.54, 1.807) is 38.2 Å². The monoisotopic (exact) mass is 390 g/mol. The maximum Gasteiger partial charge on any atom is 0.246 e. The van der Waals surface area contributed by atoms with Gasteiger partial charge in [-0.15, -0.1) is 0 Å². The van der Waals surface area contributed by atoms with Crippen LogP contribution in [0.4, 0.5) is 5.69 Å². The van der Waals surface area contributed by atoms with Gasteiger partial charge in [0.05, 0.1) is 18.6 Å². The molecule has 0 saturated carbocycles. The molecule has 0 aromatic heterocycles. The second-order valence-electron chi connectivity index (χ2n) is 6.34. The van der Waals surface area contributed by atoms with E-state index < -0.39 is 16.1 Å². The molecule has 7 heteroatoms. The van der Waals surface area contributed by atoms with E-state index in [0.717, 1.165) is 16.1 Å². The first kappa shape index (κ1) is 20.8. The molecule has 0 spiro atoms. The Bertz CT molecular complexity index is 851. The largest absolute Gasteiger partial charge is 0.494 e. The number of benzene rings is 2. The predicted molar refractivity (Wildman–Crippen MR) is 107 cm³/mol. The smallest absolute Gasteiger partial charge is 0.246 e. The number of likely N-dealkylation sites (N-methyl/N-ethyl adjacent to an activating group) is 1. The van der Waals surface area contributed by atoms with Gasteiger partial charge in [0, 0.05) is 13.6 Å². The van der Waals surface area contributed by atoms with Crippen LogP contribution in [0.3, 0.4) is 0 Å². The third kappa shape index (κ3) is 5.47. The van der Waals surface area contributed by atoms with Crippen LogP contribution in [0, 0.1) is 0 Å². The van der Waals surface area contributed by atoms with Gasteiger partial charge >= 0.3 is 0 Å². The first-order chi connectivity index (χ1) is 12.7. The van der Waals surface area contributed by atoms with E-state index in [-0.39, 0.29) is 5.91 Å². The van der Waals surface area contributed by atoms with E-state index >= 15 is 0 Å². The summed E-state index contributed by atoms with van der Waals surface area (Å²) >= 11 is 0. The molecule has 0 aliphatic heterocycles. The number of anilines is 1. The zero-order chi connectivity index (χ0) is 20.0. The molecule has 1 unspecified atom stereocenters. The van der Waals surface area contributed by atoms with Crippen LogP contribution in [0.25, 0.3) is 0 Å². The molecule has 0 radical (unpaired) electrons. The summed E-state index contributed by atoms with van der Waals surface area (Å²) in [5.41, 5.74) is 1.41. The molecule has 1 atom stereocenters. The fourth-order valence-electron chi connectivity index (χ4n) is 2.91. The molecule has 2 aromatic rings. The SMILES string of the molecule is CCOc1ccc(N(C(C)C(=O)N(C)Cc2ccccc2)S(C)(=O)=O)cc1. The van der Waals surface area contributed by atoms with E-state index in [0.29, 0.717) is 24.6 Å². The van der Waals surface area contributed by atoms with Crippen LogP contribution in [0.15, 0.2) is 54.6 Å². The second-order valence-corrected chi connectivity index (χ2v) is 8.20. The van der Waals surface area contributed by atoms with E-state index in [2.05, 4.69) is 0 Å². The van der Waals surface area contributed by atoms with Crippen molar-refractivity contribution in [3.05, 3.63) is 60.2 Å². The third-order valence-electron chi connectivity index (χ3n) is 4.11. The number of rotatable bonds is 8. The lowest BCUT2D eigenvalue weighted by Crippen LogP contribution is -2.48. The van der Waals surface area contributed by atoms with Crippen molar-refractivity contribution in [3.8, 4) is 5.75 Å². The summed E-state index contributed by atoms with van der Waals surface area (Å²) < 4.78 is 31.3. The lowest BCUT2D eigenvalue weighted by molar-refractivity contribution is -0.131. The summed E-state index contributed by atoms with van der Waals surface area (Å²) in [7, 11) is -1.98. The zero-order valence-electron chi connectivity index (χ0n) is 16.1. The normalized spacial score (nSPS) is 12.3. The highest BCUT2D eigenvalue weighted by Crippen LogP contribution is 2.24. The highest BCUT2D eigenvalue weighted by molar-refractivity contribution is 7.92. The number of ether oxygens (including phenoxy) is 1. The molecule has 0 bridgehead atoms. The summed E-state index contributed by atoms with van der Waals surface area (Å²) in [6.07, 6.45) is 1.10. The lowest BCUT2D eigenvalue weighted by Gasteiger charge is -2.31. The van der Waals surface area contributed by atoms with Gasteiger partial charge in [-0.1, -0.05) is 30.3 Å². The quantitative estimate of drug-likeness (QED) is 0.695. The van der Waals surface area contributed by atoms with Crippen LogP contribution >= 0.6 is 0 Å². The fraction of sp³-hybridized carbons (Fsp3) is 0.350. The van der Waals surface area contributed by atoms with E-state index in [4.69, 9.17) is 4.74 Å². The van der Waals surface area contributed by atoms with Gasteiger partial charge in [-0.3, -0.25) is 9.10 Å². The Morgan fingerprint density at radius 2 is 1.67 bits per heavy atom. The first-order valence-corrected chi connectivity index (χ1v) is 10.6. The van der Waals surface area contributed by atoms with Crippen molar-refractivity contribution in [3.63, 3.8) is 0 Å². The van der Waals surface area contributed by atoms with E-state index in [1.165, 1.54) is 4.90 Å². The van der Waals surface area contributed by atoms with Gasteiger partial charge in [-0.05, 0) is 43.7 Å². The topological polar surface area (TPSA) is 66.9 Å². The Morgan fingerprint density at radius 1 is 1.07 bits per heavy atom. The van der Waals surface area contributed by atoms with Gasteiger partial charge in [0.1, 0.15) is 11.8 Å². The number of sulfonamides is 1. The number of hydrogen-bond acceptors (Lipinski definition) is 4. The van der Waals surface area contributed by atoms with Gasteiger partial charge in [0.15, 0.2) is 0 Å². The van der Waals surface area contributed by atoms with Crippen molar-refractivity contribution in [2.24, 2.45) is 0 Å². The molecule has 0 aliphatic carbocycles. The molecule has 2 rings (SSSR count). The highest BCUT2D eigenvalue weighted by Gasteiger charge is 2.31.